The Balaban J connectivity index is 1.44. The molecule has 4 rings (SSSR count). The Bertz CT molecular complexity index is 881. The lowest BCUT2D eigenvalue weighted by molar-refractivity contribution is -0.0755. The molecule has 2 fully saturated rings. The highest BCUT2D eigenvalue weighted by Crippen LogP contribution is 2.34. The van der Waals surface area contributed by atoms with E-state index < -0.39 is 0 Å². The van der Waals surface area contributed by atoms with E-state index in [0.717, 1.165) is 22.3 Å². The molecule has 2 aliphatic rings. The number of amides is 1. The predicted octanol–water partition coefficient (Wildman–Crippen LogP) is 4.30. The Morgan fingerprint density at radius 1 is 1.03 bits per heavy atom. The van der Waals surface area contributed by atoms with Crippen LogP contribution in [-0.4, -0.2) is 42.1 Å². The van der Waals surface area contributed by atoms with Crippen molar-refractivity contribution in [1.82, 2.24) is 4.90 Å². The van der Waals surface area contributed by atoms with Gasteiger partial charge in [-0.2, -0.15) is 0 Å². The number of hydrogen-bond donors (Lipinski definition) is 0. The van der Waals surface area contributed by atoms with Crippen LogP contribution in [0.2, 0.25) is 0 Å². The minimum absolute atomic E-state index is 0.0894. The Morgan fingerprint density at radius 3 is 2.38 bits per heavy atom. The molecule has 2 atom stereocenters. The average Bonchev–Trinajstić information content (AvgIpc) is 2.71. The van der Waals surface area contributed by atoms with Crippen molar-refractivity contribution in [3.05, 3.63) is 70.8 Å². The lowest BCUT2D eigenvalue weighted by atomic mass is 9.80. The second kappa shape index (κ2) is 8.37. The van der Waals surface area contributed by atoms with E-state index in [0.29, 0.717) is 26.1 Å². The molecular weight excluding hydrogens is 366 g/mol. The second-order valence-electron chi connectivity index (χ2n) is 8.14. The molecule has 29 heavy (non-hydrogen) atoms. The molecule has 0 aliphatic carbocycles. The lowest BCUT2D eigenvalue weighted by Gasteiger charge is -2.47. The minimum atomic E-state index is -0.315. The molecule has 1 amide bonds. The summed E-state index contributed by atoms with van der Waals surface area (Å²) in [6, 6.07) is 15.4. The zero-order valence-electron chi connectivity index (χ0n) is 17.0. The average molecular weight is 393 g/mol. The van der Waals surface area contributed by atoms with Gasteiger partial charge in [0.15, 0.2) is 5.78 Å². The van der Waals surface area contributed by atoms with Crippen LogP contribution in [0.5, 0.6) is 0 Å². The summed E-state index contributed by atoms with van der Waals surface area (Å²) in [5.41, 5.74) is 3.92. The van der Waals surface area contributed by atoms with E-state index >= 15 is 0 Å². The van der Waals surface area contributed by atoms with Crippen LogP contribution >= 0.6 is 0 Å². The Labute approximate surface area is 171 Å². The summed E-state index contributed by atoms with van der Waals surface area (Å²) in [4.78, 5) is 27.8. The Kier molecular flexibility index (Phi) is 5.67. The number of fused-ring (bicyclic) bond motifs is 2. The van der Waals surface area contributed by atoms with Gasteiger partial charge >= 0.3 is 6.09 Å². The number of hydrogen-bond acceptors (Lipinski definition) is 4. The Morgan fingerprint density at radius 2 is 1.72 bits per heavy atom. The molecule has 2 heterocycles. The van der Waals surface area contributed by atoms with Crippen molar-refractivity contribution in [2.45, 2.75) is 45.4 Å². The predicted molar refractivity (Wildman–Crippen MR) is 110 cm³/mol. The molecular formula is C24H27NO4. The smallest absolute Gasteiger partial charge is 0.410 e. The SMILES string of the molecule is Cc1ccc(C(=O)C2CC3COCC(C2)N3C(=O)OCc2ccccc2)c(C)c1. The maximum absolute atomic E-state index is 13.2. The fourth-order valence-corrected chi connectivity index (χ4v) is 4.53. The molecule has 0 N–H and O–H groups in total. The maximum atomic E-state index is 13.2. The van der Waals surface area contributed by atoms with Gasteiger partial charge in [0, 0.05) is 11.5 Å². The van der Waals surface area contributed by atoms with Crippen LogP contribution in [0.15, 0.2) is 48.5 Å². The van der Waals surface area contributed by atoms with Gasteiger partial charge in [-0.05, 0) is 37.8 Å². The zero-order chi connectivity index (χ0) is 20.4. The van der Waals surface area contributed by atoms with Crippen LogP contribution in [-0.2, 0) is 16.1 Å². The monoisotopic (exact) mass is 393 g/mol. The number of rotatable bonds is 4. The van der Waals surface area contributed by atoms with Gasteiger partial charge < -0.3 is 9.47 Å². The largest absolute Gasteiger partial charge is 0.445 e. The Hall–Kier alpha value is -2.66. The highest BCUT2D eigenvalue weighted by Gasteiger charge is 2.44. The van der Waals surface area contributed by atoms with Gasteiger partial charge in [-0.1, -0.05) is 54.1 Å². The fourth-order valence-electron chi connectivity index (χ4n) is 4.53. The standard InChI is InChI=1S/C24H27NO4/c1-16-8-9-22(17(2)10-16)23(26)19-11-20-14-28-15-21(12-19)25(20)24(27)29-13-18-6-4-3-5-7-18/h3-10,19-21H,11-15H2,1-2H3. The van der Waals surface area contributed by atoms with E-state index in [1.165, 1.54) is 0 Å². The van der Waals surface area contributed by atoms with Gasteiger partial charge in [-0.25, -0.2) is 4.79 Å². The third kappa shape index (κ3) is 4.20. The molecule has 5 nitrogen and oxygen atoms in total. The van der Waals surface area contributed by atoms with E-state index in [-0.39, 0.29) is 36.5 Å². The first-order chi connectivity index (χ1) is 14.0. The van der Waals surface area contributed by atoms with Gasteiger partial charge in [-0.15, -0.1) is 0 Å². The first-order valence-corrected chi connectivity index (χ1v) is 10.2. The van der Waals surface area contributed by atoms with Crippen molar-refractivity contribution in [2.24, 2.45) is 5.92 Å². The van der Waals surface area contributed by atoms with E-state index in [9.17, 15) is 9.59 Å². The third-order valence-corrected chi connectivity index (χ3v) is 5.95. The topological polar surface area (TPSA) is 55.8 Å². The van der Waals surface area contributed by atoms with Crippen molar-refractivity contribution in [2.75, 3.05) is 13.2 Å². The van der Waals surface area contributed by atoms with Crippen LogP contribution in [0.1, 0.15) is 39.9 Å². The van der Waals surface area contributed by atoms with E-state index in [4.69, 9.17) is 9.47 Å². The first kappa shape index (κ1) is 19.6. The molecule has 2 bridgehead atoms. The molecule has 0 spiro atoms. The molecule has 0 aromatic heterocycles. The first-order valence-electron chi connectivity index (χ1n) is 10.2. The number of Topliss-reactive ketones (excluding diaryl/α,β-unsaturated/α-hetero) is 1. The van der Waals surface area contributed by atoms with Gasteiger partial charge in [0.05, 0.1) is 25.3 Å². The van der Waals surface area contributed by atoms with Gasteiger partial charge in [0.1, 0.15) is 6.61 Å². The molecule has 2 aromatic carbocycles. The van der Waals surface area contributed by atoms with Crippen molar-refractivity contribution in [3.63, 3.8) is 0 Å². The minimum Gasteiger partial charge on any atom is -0.445 e. The summed E-state index contributed by atoms with van der Waals surface area (Å²) in [6.45, 7) is 5.17. The van der Waals surface area contributed by atoms with Crippen molar-refractivity contribution in [3.8, 4) is 0 Å². The normalized spacial score (nSPS) is 23.5. The highest BCUT2D eigenvalue weighted by molar-refractivity contribution is 5.99. The summed E-state index contributed by atoms with van der Waals surface area (Å²) in [7, 11) is 0. The zero-order valence-corrected chi connectivity index (χ0v) is 17.0. The number of ether oxygens (including phenoxy) is 2. The molecule has 2 aromatic rings. The van der Waals surface area contributed by atoms with Gasteiger partial charge in [0.25, 0.3) is 0 Å². The maximum Gasteiger partial charge on any atom is 0.410 e. The van der Waals surface area contributed by atoms with Crippen LogP contribution in [0.3, 0.4) is 0 Å². The second-order valence-corrected chi connectivity index (χ2v) is 8.14. The fraction of sp³-hybridized carbons (Fsp3) is 0.417. The number of carbonyl (C=O) groups is 2. The van der Waals surface area contributed by atoms with E-state index in [1.54, 1.807) is 4.90 Å². The number of carbonyl (C=O) groups excluding carboxylic acids is 2. The van der Waals surface area contributed by atoms with E-state index in [2.05, 4.69) is 0 Å². The van der Waals surface area contributed by atoms with Crippen molar-refractivity contribution in [1.29, 1.82) is 0 Å². The van der Waals surface area contributed by atoms with Crippen LogP contribution in [0.4, 0.5) is 4.79 Å². The van der Waals surface area contributed by atoms with Crippen LogP contribution in [0, 0.1) is 19.8 Å². The number of piperidine rings is 1. The summed E-state index contributed by atoms with van der Waals surface area (Å²) < 4.78 is 11.3. The molecule has 0 saturated carbocycles. The highest BCUT2D eigenvalue weighted by atomic mass is 16.6. The molecule has 2 unspecified atom stereocenters. The number of benzene rings is 2. The summed E-state index contributed by atoms with van der Waals surface area (Å²) in [6.07, 6.45) is 0.913. The van der Waals surface area contributed by atoms with Crippen molar-refractivity contribution < 1.29 is 19.1 Å². The number of morpholine rings is 1. The molecule has 152 valence electrons. The molecule has 0 radical (unpaired) electrons. The van der Waals surface area contributed by atoms with Crippen LogP contribution < -0.4 is 0 Å². The summed E-state index contributed by atoms with van der Waals surface area (Å²) >= 11 is 0. The van der Waals surface area contributed by atoms with E-state index in [1.807, 2.05) is 62.4 Å². The lowest BCUT2D eigenvalue weighted by Crippen LogP contribution is -2.59. The van der Waals surface area contributed by atoms with Crippen molar-refractivity contribution >= 4 is 11.9 Å². The summed E-state index contributed by atoms with van der Waals surface area (Å²) in [5, 5.41) is 0. The van der Waals surface area contributed by atoms with Gasteiger partial charge in [0.2, 0.25) is 0 Å². The van der Waals surface area contributed by atoms with Crippen LogP contribution in [0.25, 0.3) is 0 Å². The molecule has 2 saturated heterocycles. The number of ketones is 1. The molecule has 5 heteroatoms. The molecule has 2 aliphatic heterocycles. The summed E-state index contributed by atoms with van der Waals surface area (Å²) in [5.74, 6) is 0.0881. The number of aryl methyl sites for hydroxylation is 2. The quantitative estimate of drug-likeness (QED) is 0.727. The third-order valence-electron chi connectivity index (χ3n) is 5.95. The van der Waals surface area contributed by atoms with Gasteiger partial charge in [-0.3, -0.25) is 9.69 Å². The number of nitrogens with zero attached hydrogens (tertiary/aromatic N) is 1.